The van der Waals surface area contributed by atoms with Crippen LogP contribution < -0.4 is 5.32 Å². The molecule has 4 heteroatoms. The Morgan fingerprint density at radius 2 is 2.12 bits per heavy atom. The van der Waals surface area contributed by atoms with Crippen LogP contribution in [-0.4, -0.2) is 21.5 Å². The van der Waals surface area contributed by atoms with Gasteiger partial charge in [0.25, 0.3) is 0 Å². The summed E-state index contributed by atoms with van der Waals surface area (Å²) in [5, 5.41) is 4.36. The largest absolute Gasteiger partial charge is 0.369 e. The average Bonchev–Trinajstić information content (AvgIpc) is 2.28. The van der Waals surface area contributed by atoms with E-state index in [-0.39, 0.29) is 0 Å². The molecule has 0 aliphatic heterocycles. The van der Waals surface area contributed by atoms with Crippen molar-refractivity contribution in [2.24, 2.45) is 5.92 Å². The first-order valence-electron chi connectivity index (χ1n) is 5.99. The lowest BCUT2D eigenvalue weighted by molar-refractivity contribution is 0.607. The Kier molecular flexibility index (Phi) is 3.52. The molecule has 0 amide bonds. The average molecular weight is 230 g/mol. The molecule has 0 spiro atoms. The van der Waals surface area contributed by atoms with Crippen LogP contribution in [-0.2, 0) is 0 Å². The Bertz CT molecular complexity index is 508. The molecule has 2 rings (SSSR count). The molecule has 90 valence electrons. The first-order chi connectivity index (χ1) is 8.16. The monoisotopic (exact) mass is 230 g/mol. The second-order valence-corrected chi connectivity index (χ2v) is 4.62. The van der Waals surface area contributed by atoms with Crippen LogP contribution in [0.5, 0.6) is 0 Å². The smallest absolute Gasteiger partial charge is 0.139 e. The highest BCUT2D eigenvalue weighted by Crippen LogP contribution is 2.18. The number of rotatable bonds is 4. The number of pyridine rings is 1. The highest BCUT2D eigenvalue weighted by molar-refractivity contribution is 5.88. The summed E-state index contributed by atoms with van der Waals surface area (Å²) >= 11 is 0. The molecule has 4 nitrogen and oxygen atoms in total. The van der Waals surface area contributed by atoms with E-state index < -0.39 is 0 Å². The summed E-state index contributed by atoms with van der Waals surface area (Å²) in [4.78, 5) is 13.0. The van der Waals surface area contributed by atoms with Gasteiger partial charge in [0.2, 0.25) is 0 Å². The third-order valence-electron chi connectivity index (χ3n) is 2.62. The topological polar surface area (TPSA) is 50.7 Å². The molecular formula is C13H18N4. The summed E-state index contributed by atoms with van der Waals surface area (Å²) in [5.41, 5.74) is 0.944. The molecule has 2 aromatic rings. The second-order valence-electron chi connectivity index (χ2n) is 4.62. The van der Waals surface area contributed by atoms with Crippen molar-refractivity contribution in [3.8, 4) is 0 Å². The molecule has 0 fully saturated rings. The van der Waals surface area contributed by atoms with Crippen molar-refractivity contribution in [2.75, 3.05) is 11.9 Å². The van der Waals surface area contributed by atoms with Crippen LogP contribution in [0.1, 0.15) is 26.1 Å². The summed E-state index contributed by atoms with van der Waals surface area (Å²) in [6.45, 7) is 7.27. The normalized spacial score (nSPS) is 11.1. The van der Waals surface area contributed by atoms with Crippen LogP contribution in [0.4, 0.5) is 5.82 Å². The predicted molar refractivity (Wildman–Crippen MR) is 70.0 cm³/mol. The van der Waals surface area contributed by atoms with Gasteiger partial charge in [-0.3, -0.25) is 4.98 Å². The first-order valence-corrected chi connectivity index (χ1v) is 5.99. The van der Waals surface area contributed by atoms with E-state index in [1.54, 1.807) is 6.20 Å². The van der Waals surface area contributed by atoms with Crippen molar-refractivity contribution >= 4 is 16.7 Å². The lowest BCUT2D eigenvalue weighted by Gasteiger charge is -2.10. The standard InChI is InChI=1S/C13H18N4/c1-9(2)4-7-15-13-11-8-14-6-5-12(11)16-10(3)17-13/h5-6,8-9H,4,7H2,1-3H3,(H,15,16,17). The summed E-state index contributed by atoms with van der Waals surface area (Å²) in [5.74, 6) is 2.37. The Morgan fingerprint density at radius 1 is 1.29 bits per heavy atom. The molecule has 17 heavy (non-hydrogen) atoms. The van der Waals surface area contributed by atoms with E-state index in [0.29, 0.717) is 5.92 Å². The summed E-state index contributed by atoms with van der Waals surface area (Å²) in [7, 11) is 0. The zero-order valence-electron chi connectivity index (χ0n) is 10.6. The Labute approximate surface area is 102 Å². The van der Waals surface area contributed by atoms with Gasteiger partial charge < -0.3 is 5.32 Å². The molecule has 0 aromatic carbocycles. The van der Waals surface area contributed by atoms with Crippen molar-refractivity contribution in [1.82, 2.24) is 15.0 Å². The lowest BCUT2D eigenvalue weighted by Crippen LogP contribution is -2.08. The minimum absolute atomic E-state index is 0.690. The van der Waals surface area contributed by atoms with Crippen molar-refractivity contribution < 1.29 is 0 Å². The number of fused-ring (bicyclic) bond motifs is 1. The minimum atomic E-state index is 0.690. The quantitative estimate of drug-likeness (QED) is 0.877. The van der Waals surface area contributed by atoms with Crippen LogP contribution in [0, 0.1) is 12.8 Å². The van der Waals surface area contributed by atoms with Crippen molar-refractivity contribution in [3.63, 3.8) is 0 Å². The van der Waals surface area contributed by atoms with E-state index >= 15 is 0 Å². The Balaban J connectivity index is 2.26. The Morgan fingerprint density at radius 3 is 2.88 bits per heavy atom. The van der Waals surface area contributed by atoms with Crippen LogP contribution in [0.3, 0.4) is 0 Å². The molecule has 0 atom stereocenters. The SMILES string of the molecule is Cc1nc(NCCC(C)C)c2cnccc2n1. The van der Waals surface area contributed by atoms with E-state index in [0.717, 1.165) is 35.5 Å². The van der Waals surface area contributed by atoms with Gasteiger partial charge >= 0.3 is 0 Å². The maximum Gasteiger partial charge on any atom is 0.139 e. The first kappa shape index (κ1) is 11.8. The summed E-state index contributed by atoms with van der Waals surface area (Å²) in [6, 6.07) is 1.91. The fraction of sp³-hybridized carbons (Fsp3) is 0.462. The van der Waals surface area contributed by atoms with E-state index in [4.69, 9.17) is 0 Å². The molecule has 0 saturated heterocycles. The number of nitrogens with zero attached hydrogens (tertiary/aromatic N) is 3. The van der Waals surface area contributed by atoms with Crippen LogP contribution in [0.2, 0.25) is 0 Å². The molecule has 0 aliphatic rings. The van der Waals surface area contributed by atoms with E-state index in [1.165, 1.54) is 0 Å². The third kappa shape index (κ3) is 2.90. The van der Waals surface area contributed by atoms with Gasteiger partial charge in [-0.2, -0.15) is 0 Å². The van der Waals surface area contributed by atoms with Crippen molar-refractivity contribution in [3.05, 3.63) is 24.3 Å². The van der Waals surface area contributed by atoms with Crippen molar-refractivity contribution in [1.29, 1.82) is 0 Å². The van der Waals surface area contributed by atoms with E-state index in [9.17, 15) is 0 Å². The molecule has 2 heterocycles. The molecule has 0 unspecified atom stereocenters. The molecule has 2 aromatic heterocycles. The summed E-state index contributed by atoms with van der Waals surface area (Å²) < 4.78 is 0. The maximum absolute atomic E-state index is 4.44. The second kappa shape index (κ2) is 5.08. The zero-order chi connectivity index (χ0) is 12.3. The number of hydrogen-bond acceptors (Lipinski definition) is 4. The predicted octanol–water partition coefficient (Wildman–Crippen LogP) is 2.79. The van der Waals surface area contributed by atoms with Crippen LogP contribution >= 0.6 is 0 Å². The van der Waals surface area contributed by atoms with Crippen LogP contribution in [0.25, 0.3) is 10.9 Å². The highest BCUT2D eigenvalue weighted by atomic mass is 15.0. The molecule has 0 radical (unpaired) electrons. The third-order valence-corrected chi connectivity index (χ3v) is 2.62. The Hall–Kier alpha value is -1.71. The lowest BCUT2D eigenvalue weighted by atomic mass is 10.1. The zero-order valence-corrected chi connectivity index (χ0v) is 10.6. The van der Waals surface area contributed by atoms with Gasteiger partial charge in [0, 0.05) is 18.9 Å². The maximum atomic E-state index is 4.44. The van der Waals surface area contributed by atoms with Gasteiger partial charge in [-0.25, -0.2) is 9.97 Å². The van der Waals surface area contributed by atoms with E-state index in [2.05, 4.69) is 34.1 Å². The fourth-order valence-corrected chi connectivity index (χ4v) is 1.70. The number of hydrogen-bond donors (Lipinski definition) is 1. The van der Waals surface area contributed by atoms with Gasteiger partial charge in [0.15, 0.2) is 0 Å². The molecule has 0 saturated carbocycles. The summed E-state index contributed by atoms with van der Waals surface area (Å²) in [6.07, 6.45) is 4.70. The van der Waals surface area contributed by atoms with Crippen molar-refractivity contribution in [2.45, 2.75) is 27.2 Å². The number of nitrogens with one attached hydrogen (secondary N) is 1. The fourth-order valence-electron chi connectivity index (χ4n) is 1.70. The van der Waals surface area contributed by atoms with Gasteiger partial charge in [-0.1, -0.05) is 13.8 Å². The van der Waals surface area contributed by atoms with E-state index in [1.807, 2.05) is 19.2 Å². The molecular weight excluding hydrogens is 212 g/mol. The van der Waals surface area contributed by atoms with Gasteiger partial charge in [-0.05, 0) is 25.3 Å². The van der Waals surface area contributed by atoms with Crippen LogP contribution in [0.15, 0.2) is 18.5 Å². The van der Waals surface area contributed by atoms with Gasteiger partial charge in [-0.15, -0.1) is 0 Å². The number of aryl methyl sites for hydroxylation is 1. The van der Waals surface area contributed by atoms with Gasteiger partial charge in [0.05, 0.1) is 10.9 Å². The number of aromatic nitrogens is 3. The molecule has 0 bridgehead atoms. The van der Waals surface area contributed by atoms with Gasteiger partial charge in [0.1, 0.15) is 11.6 Å². The molecule has 0 aliphatic carbocycles. The minimum Gasteiger partial charge on any atom is -0.369 e. The number of anilines is 1. The highest BCUT2D eigenvalue weighted by Gasteiger charge is 2.05. The molecule has 1 N–H and O–H groups in total.